The molecule has 6 nitrogen and oxygen atoms in total. The molecule has 0 bridgehead atoms. The van der Waals surface area contributed by atoms with Crippen LogP contribution in [0.2, 0.25) is 0 Å². The van der Waals surface area contributed by atoms with E-state index in [4.69, 9.17) is 14.7 Å². The molecule has 0 atom stereocenters. The molecule has 0 amide bonds. The highest BCUT2D eigenvalue weighted by Gasteiger charge is 2.23. The van der Waals surface area contributed by atoms with Crippen LogP contribution < -0.4 is 9.30 Å². The summed E-state index contributed by atoms with van der Waals surface area (Å²) in [5.74, 6) is 3.03. The molecule has 8 rings (SSSR count). The van der Waals surface area contributed by atoms with Gasteiger partial charge in [-0.3, -0.25) is 18.7 Å². The number of benzene rings is 4. The fraction of sp³-hybridized carbons (Fsp3) is 0.255. The smallest absolute Gasteiger partial charge is 0.271 e. The van der Waals surface area contributed by atoms with E-state index < -0.39 is 0 Å². The Kier molecular flexibility index (Phi) is 8.06. The van der Waals surface area contributed by atoms with Crippen LogP contribution >= 0.6 is 0 Å². The Bertz CT molecular complexity index is 2630. The van der Waals surface area contributed by atoms with Crippen LogP contribution in [0.25, 0.3) is 50.2 Å². The van der Waals surface area contributed by atoms with Crippen molar-refractivity contribution in [2.45, 2.75) is 78.6 Å². The van der Waals surface area contributed by atoms with Crippen LogP contribution in [-0.2, 0) is 16.2 Å². The van der Waals surface area contributed by atoms with Gasteiger partial charge in [-0.1, -0.05) is 111 Å². The lowest BCUT2D eigenvalue weighted by molar-refractivity contribution is -0.572. The molecular weight excluding hydrogens is 651 g/mol. The second-order valence-electron chi connectivity index (χ2n) is 17.2. The van der Waals surface area contributed by atoms with Gasteiger partial charge in [0.2, 0.25) is 0 Å². The van der Waals surface area contributed by atoms with Crippen molar-refractivity contribution in [3.63, 3.8) is 0 Å². The third-order valence-corrected chi connectivity index (χ3v) is 10.1. The third-order valence-electron chi connectivity index (χ3n) is 10.1. The van der Waals surface area contributed by atoms with E-state index in [0.717, 1.165) is 50.5 Å². The van der Waals surface area contributed by atoms with Gasteiger partial charge >= 0.3 is 0 Å². The maximum atomic E-state index is 6.62. The van der Waals surface area contributed by atoms with Crippen molar-refractivity contribution >= 4 is 32.8 Å². The van der Waals surface area contributed by atoms with Crippen molar-refractivity contribution in [2.75, 3.05) is 0 Å². The first kappa shape index (κ1) is 34.3. The summed E-state index contributed by atoms with van der Waals surface area (Å²) in [5.41, 5.74) is 9.08. The van der Waals surface area contributed by atoms with E-state index in [0.29, 0.717) is 5.75 Å². The normalized spacial score (nSPS) is 12.6. The summed E-state index contributed by atoms with van der Waals surface area (Å²) in [4.78, 5) is 9.65. The highest BCUT2D eigenvalue weighted by Crippen LogP contribution is 2.36. The minimum absolute atomic E-state index is 0.00263. The number of hydrogen-bond acceptors (Lipinski definition) is 3. The molecule has 0 fully saturated rings. The Morgan fingerprint density at radius 2 is 1.13 bits per heavy atom. The first-order chi connectivity index (χ1) is 25.1. The molecule has 266 valence electrons. The maximum Gasteiger partial charge on any atom is 0.271 e. The lowest BCUT2D eigenvalue weighted by Crippen LogP contribution is -2.31. The molecule has 0 saturated carbocycles. The largest absolute Gasteiger partial charge is 0.458 e. The molecule has 0 aliphatic rings. The second kappa shape index (κ2) is 12.4. The third kappa shape index (κ3) is 6.37. The van der Waals surface area contributed by atoms with Crippen molar-refractivity contribution in [3.05, 3.63) is 145 Å². The predicted molar refractivity (Wildman–Crippen MR) is 216 cm³/mol. The van der Waals surface area contributed by atoms with Crippen molar-refractivity contribution < 1.29 is 9.30 Å². The van der Waals surface area contributed by atoms with Crippen molar-refractivity contribution in [3.8, 4) is 28.8 Å². The van der Waals surface area contributed by atoms with Crippen LogP contribution in [0.15, 0.2) is 122 Å². The molecule has 0 N–H and O–H groups in total. The van der Waals surface area contributed by atoms with Crippen molar-refractivity contribution in [1.29, 1.82) is 0 Å². The monoisotopic (exact) mass is 697 g/mol. The van der Waals surface area contributed by atoms with Gasteiger partial charge in [-0.2, -0.15) is 0 Å². The molecule has 4 aromatic carbocycles. The van der Waals surface area contributed by atoms with Crippen LogP contribution in [0.5, 0.6) is 11.5 Å². The molecule has 0 unspecified atom stereocenters. The Labute approximate surface area is 312 Å². The molecular formula is C47H47N5O. The molecule has 0 radical (unpaired) electrons. The number of aromatic nitrogens is 5. The highest BCUT2D eigenvalue weighted by atomic mass is 16.5. The van der Waals surface area contributed by atoms with Crippen LogP contribution in [0.4, 0.5) is 0 Å². The molecule has 6 heteroatoms. The Morgan fingerprint density at radius 3 is 1.85 bits per heavy atom. The molecule has 4 aromatic heterocycles. The number of para-hydroxylation sites is 3. The average molecular weight is 698 g/mol. The number of nitrogens with zero attached hydrogens (tertiary/aromatic N) is 5. The van der Waals surface area contributed by atoms with E-state index in [1.165, 1.54) is 22.1 Å². The van der Waals surface area contributed by atoms with Crippen molar-refractivity contribution in [2.24, 2.45) is 0 Å². The topological polar surface area (TPSA) is 48.8 Å². The zero-order valence-corrected chi connectivity index (χ0v) is 32.2. The number of imidazole rings is 1. The second-order valence-corrected chi connectivity index (χ2v) is 17.2. The lowest BCUT2D eigenvalue weighted by atomic mass is 9.80. The molecule has 0 saturated heterocycles. The van der Waals surface area contributed by atoms with E-state index in [-0.39, 0.29) is 16.2 Å². The minimum Gasteiger partial charge on any atom is -0.458 e. The van der Waals surface area contributed by atoms with E-state index in [2.05, 4.69) is 169 Å². The summed E-state index contributed by atoms with van der Waals surface area (Å²) < 4.78 is 13.0. The van der Waals surface area contributed by atoms with Crippen LogP contribution in [-0.4, -0.2) is 19.1 Å². The van der Waals surface area contributed by atoms with Crippen molar-refractivity contribution in [1.82, 2.24) is 19.1 Å². The van der Waals surface area contributed by atoms with Crippen LogP contribution in [0.1, 0.15) is 79.0 Å². The van der Waals surface area contributed by atoms with Gasteiger partial charge in [0.25, 0.3) is 6.33 Å². The lowest BCUT2D eigenvalue weighted by Gasteiger charge is -2.26. The van der Waals surface area contributed by atoms with Gasteiger partial charge in [0.15, 0.2) is 5.82 Å². The van der Waals surface area contributed by atoms with Gasteiger partial charge in [0.05, 0.1) is 27.8 Å². The number of pyridine rings is 2. The quantitative estimate of drug-likeness (QED) is 0.133. The SMILES string of the molecule is CC(C)(C)c1cc(-[n+]2[c-]n(-c3cc(Oc4ccc5c6ccccc6n(-c6cc(C(C)(C)C)ccn6)c5c4)ccn3)c3ccccc32)cc(C(C)(C)C)c1. The minimum atomic E-state index is -0.00742. The van der Waals surface area contributed by atoms with Gasteiger partial charge in [0.1, 0.15) is 17.3 Å². The Hall–Kier alpha value is -5.75. The number of fused-ring (bicyclic) bond motifs is 4. The van der Waals surface area contributed by atoms with Crippen LogP contribution in [0, 0.1) is 6.33 Å². The summed E-state index contributed by atoms with van der Waals surface area (Å²) in [5, 5.41) is 2.32. The molecule has 0 aliphatic heterocycles. The van der Waals surface area contributed by atoms with Gasteiger partial charge in [-0.25, -0.2) is 4.98 Å². The molecule has 0 spiro atoms. The molecule has 4 heterocycles. The summed E-state index contributed by atoms with van der Waals surface area (Å²) in [6.07, 6.45) is 7.36. The van der Waals surface area contributed by atoms with Crippen LogP contribution in [0.3, 0.4) is 0 Å². The van der Waals surface area contributed by atoms with Gasteiger partial charge in [-0.15, -0.1) is 0 Å². The van der Waals surface area contributed by atoms with Gasteiger partial charge < -0.3 is 4.74 Å². The molecule has 8 aromatic rings. The van der Waals surface area contributed by atoms with Gasteiger partial charge in [-0.05, 0) is 81.5 Å². The van der Waals surface area contributed by atoms with E-state index in [1.807, 2.05) is 29.0 Å². The average Bonchev–Trinajstić information content (AvgIpc) is 3.67. The molecule has 0 aliphatic carbocycles. The summed E-state index contributed by atoms with van der Waals surface area (Å²) in [6, 6.07) is 38.3. The number of ether oxygens (including phenoxy) is 1. The van der Waals surface area contributed by atoms with Gasteiger partial charge in [0, 0.05) is 35.3 Å². The Morgan fingerprint density at radius 1 is 0.528 bits per heavy atom. The first-order valence-electron chi connectivity index (χ1n) is 18.4. The fourth-order valence-corrected chi connectivity index (χ4v) is 7.02. The predicted octanol–water partition coefficient (Wildman–Crippen LogP) is 11.3. The van der Waals surface area contributed by atoms with E-state index in [1.54, 1.807) is 6.20 Å². The zero-order valence-electron chi connectivity index (χ0n) is 32.2. The zero-order chi connectivity index (χ0) is 37.3. The summed E-state index contributed by atoms with van der Waals surface area (Å²) in [7, 11) is 0. The Balaban J connectivity index is 1.21. The molecule has 53 heavy (non-hydrogen) atoms. The van der Waals surface area contributed by atoms with E-state index >= 15 is 0 Å². The van der Waals surface area contributed by atoms with E-state index in [9.17, 15) is 0 Å². The first-order valence-corrected chi connectivity index (χ1v) is 18.4. The highest BCUT2D eigenvalue weighted by molar-refractivity contribution is 6.09. The number of rotatable bonds is 5. The summed E-state index contributed by atoms with van der Waals surface area (Å²) in [6.45, 7) is 20.3. The summed E-state index contributed by atoms with van der Waals surface area (Å²) >= 11 is 0. The number of hydrogen-bond donors (Lipinski definition) is 0. The fourth-order valence-electron chi connectivity index (χ4n) is 7.02. The standard InChI is InChI=1S/C47H47N5O/c1-45(2,3)31-20-22-49-44(27-31)52-39-15-11-10-14-37(39)38-19-18-35(28-42(38)52)53-36-21-23-48-43(29-36)51-30-50(40-16-12-13-17-41(40)51)34-25-32(46(4,5)6)24-33(26-34)47(7,8)9/h10-29H,1-9H3. The maximum absolute atomic E-state index is 6.62.